The lowest BCUT2D eigenvalue weighted by Gasteiger charge is -2.09. The molecule has 0 aliphatic rings. The lowest BCUT2D eigenvalue weighted by molar-refractivity contribution is 0.0691. The van der Waals surface area contributed by atoms with Gasteiger partial charge in [0.2, 0.25) is 0 Å². The fourth-order valence-corrected chi connectivity index (χ4v) is 2.16. The van der Waals surface area contributed by atoms with Gasteiger partial charge in [-0.2, -0.15) is 5.10 Å². The second-order valence-electron chi connectivity index (χ2n) is 5.30. The van der Waals surface area contributed by atoms with Crippen molar-refractivity contribution in [3.63, 3.8) is 0 Å². The van der Waals surface area contributed by atoms with Gasteiger partial charge in [-0.15, -0.1) is 0 Å². The van der Waals surface area contributed by atoms with Crippen molar-refractivity contribution >= 4 is 35.4 Å². The Kier molecular flexibility index (Phi) is 4.42. The van der Waals surface area contributed by atoms with E-state index in [0.29, 0.717) is 5.82 Å². The summed E-state index contributed by atoms with van der Waals surface area (Å²) in [5.74, 6) is -0.329. The van der Waals surface area contributed by atoms with Gasteiger partial charge in [0.05, 0.1) is 0 Å². The number of anilines is 3. The third kappa shape index (κ3) is 3.81. The summed E-state index contributed by atoms with van der Waals surface area (Å²) in [7, 11) is 0. The van der Waals surface area contributed by atoms with Crippen molar-refractivity contribution in [1.82, 2.24) is 20.2 Å². The van der Waals surface area contributed by atoms with Crippen molar-refractivity contribution < 1.29 is 9.90 Å². The number of benzene rings is 1. The topological polar surface area (TPSA) is 130 Å². The first kappa shape index (κ1) is 16.2. The third-order valence-electron chi connectivity index (χ3n) is 3.34. The molecule has 0 fully saturated rings. The van der Waals surface area contributed by atoms with Crippen LogP contribution in [0.1, 0.15) is 27.6 Å². The molecule has 2 heterocycles. The Labute approximate surface area is 143 Å². The molecule has 0 amide bonds. The summed E-state index contributed by atoms with van der Waals surface area (Å²) < 4.78 is 0. The van der Waals surface area contributed by atoms with Gasteiger partial charge in [0.1, 0.15) is 5.69 Å². The molecule has 0 bridgehead atoms. The average molecular weight is 336 g/mol. The zero-order valence-electron chi connectivity index (χ0n) is 13.4. The molecule has 0 atom stereocenters. The number of hydrogen-bond donors (Lipinski definition) is 4. The molecular formula is C17H16N6O2. The van der Waals surface area contributed by atoms with Crippen LogP contribution in [0.4, 0.5) is 17.3 Å². The Morgan fingerprint density at radius 1 is 1.24 bits per heavy atom. The molecule has 0 unspecified atom stereocenters. The number of rotatable bonds is 5. The summed E-state index contributed by atoms with van der Waals surface area (Å²) in [4.78, 5) is 19.7. The Bertz CT molecular complexity index is 934. The number of carboxylic acids is 1. The SMILES string of the molecule is Cc1cc(Nc2nc(C=Cc3ccccc3)nc(C(=O)O)c2N)n[nH]1. The van der Waals surface area contributed by atoms with Crippen molar-refractivity contribution in [2.75, 3.05) is 11.1 Å². The predicted molar refractivity (Wildman–Crippen MR) is 95.4 cm³/mol. The van der Waals surface area contributed by atoms with Gasteiger partial charge in [0.25, 0.3) is 0 Å². The van der Waals surface area contributed by atoms with E-state index in [-0.39, 0.29) is 23.0 Å². The number of carbonyl (C=O) groups is 1. The highest BCUT2D eigenvalue weighted by molar-refractivity contribution is 5.95. The summed E-state index contributed by atoms with van der Waals surface area (Å²) in [5.41, 5.74) is 7.35. The molecule has 5 N–H and O–H groups in total. The molecule has 0 saturated carbocycles. The van der Waals surface area contributed by atoms with Crippen LogP contribution in [0.3, 0.4) is 0 Å². The highest BCUT2D eigenvalue weighted by Gasteiger charge is 2.17. The summed E-state index contributed by atoms with van der Waals surface area (Å²) in [6.07, 6.45) is 3.42. The summed E-state index contributed by atoms with van der Waals surface area (Å²) in [6, 6.07) is 11.3. The third-order valence-corrected chi connectivity index (χ3v) is 3.34. The molecule has 0 radical (unpaired) electrons. The fourth-order valence-electron chi connectivity index (χ4n) is 2.16. The van der Waals surface area contributed by atoms with E-state index in [0.717, 1.165) is 11.3 Å². The Hall–Kier alpha value is -3.68. The minimum absolute atomic E-state index is 0.0509. The van der Waals surface area contributed by atoms with Crippen LogP contribution in [0.2, 0.25) is 0 Å². The number of carboxylic acid groups (broad SMARTS) is 1. The number of aromatic carboxylic acids is 1. The molecule has 8 heteroatoms. The van der Waals surface area contributed by atoms with Gasteiger partial charge in [-0.25, -0.2) is 14.8 Å². The van der Waals surface area contributed by atoms with E-state index >= 15 is 0 Å². The van der Waals surface area contributed by atoms with Gasteiger partial charge in [-0.1, -0.05) is 36.4 Å². The fraction of sp³-hybridized carbons (Fsp3) is 0.0588. The van der Waals surface area contributed by atoms with Gasteiger partial charge in [0.15, 0.2) is 23.2 Å². The second kappa shape index (κ2) is 6.83. The minimum Gasteiger partial charge on any atom is -0.476 e. The van der Waals surface area contributed by atoms with E-state index in [2.05, 4.69) is 25.5 Å². The molecule has 3 aromatic rings. The Morgan fingerprint density at radius 2 is 2.00 bits per heavy atom. The van der Waals surface area contributed by atoms with E-state index in [9.17, 15) is 9.90 Å². The number of nitrogens with zero attached hydrogens (tertiary/aromatic N) is 3. The Balaban J connectivity index is 1.98. The van der Waals surface area contributed by atoms with Gasteiger partial charge >= 0.3 is 5.97 Å². The standard InChI is InChI=1S/C17H16N6O2/c1-10-9-13(23-22-10)21-16-14(18)15(17(24)25)19-12(20-16)8-7-11-5-3-2-4-6-11/h2-9H,18H2,1H3,(H,24,25)(H2,19,20,21,22,23). The summed E-state index contributed by atoms with van der Waals surface area (Å²) in [6.45, 7) is 1.85. The van der Waals surface area contributed by atoms with Crippen LogP contribution < -0.4 is 11.1 Å². The van der Waals surface area contributed by atoms with E-state index < -0.39 is 5.97 Å². The number of aryl methyl sites for hydroxylation is 1. The summed E-state index contributed by atoms with van der Waals surface area (Å²) in [5, 5.41) is 19.0. The quantitative estimate of drug-likeness (QED) is 0.563. The van der Waals surface area contributed by atoms with Crippen LogP contribution in [-0.2, 0) is 0 Å². The number of H-pyrrole nitrogens is 1. The molecule has 1 aromatic carbocycles. The van der Waals surface area contributed by atoms with Crippen LogP contribution in [0.15, 0.2) is 36.4 Å². The molecule has 25 heavy (non-hydrogen) atoms. The maximum atomic E-state index is 11.4. The van der Waals surface area contributed by atoms with E-state index in [4.69, 9.17) is 5.73 Å². The van der Waals surface area contributed by atoms with E-state index in [1.54, 1.807) is 18.2 Å². The Morgan fingerprint density at radius 3 is 2.64 bits per heavy atom. The van der Waals surface area contributed by atoms with Crippen LogP contribution in [0, 0.1) is 6.92 Å². The van der Waals surface area contributed by atoms with E-state index in [1.165, 1.54) is 0 Å². The zero-order valence-corrected chi connectivity index (χ0v) is 13.4. The molecule has 2 aromatic heterocycles. The molecular weight excluding hydrogens is 320 g/mol. The first-order valence-electron chi connectivity index (χ1n) is 7.46. The van der Waals surface area contributed by atoms with Crippen LogP contribution in [-0.4, -0.2) is 31.2 Å². The van der Waals surface area contributed by atoms with Gasteiger partial charge in [-0.05, 0) is 18.6 Å². The molecule has 0 aliphatic carbocycles. The van der Waals surface area contributed by atoms with Crippen molar-refractivity contribution in [1.29, 1.82) is 0 Å². The van der Waals surface area contributed by atoms with Crippen LogP contribution >= 0.6 is 0 Å². The van der Waals surface area contributed by atoms with Crippen molar-refractivity contribution in [3.05, 3.63) is 59.2 Å². The molecule has 0 saturated heterocycles. The average Bonchev–Trinajstić information content (AvgIpc) is 3.01. The number of nitrogen functional groups attached to an aromatic ring is 1. The number of hydrogen-bond acceptors (Lipinski definition) is 6. The smallest absolute Gasteiger partial charge is 0.356 e. The van der Waals surface area contributed by atoms with Gasteiger partial charge < -0.3 is 16.2 Å². The largest absolute Gasteiger partial charge is 0.476 e. The minimum atomic E-state index is -1.23. The molecule has 126 valence electrons. The van der Waals surface area contributed by atoms with Crippen molar-refractivity contribution in [2.45, 2.75) is 6.92 Å². The van der Waals surface area contributed by atoms with Crippen LogP contribution in [0.5, 0.6) is 0 Å². The van der Waals surface area contributed by atoms with Crippen molar-refractivity contribution in [3.8, 4) is 0 Å². The van der Waals surface area contributed by atoms with Crippen LogP contribution in [0.25, 0.3) is 12.2 Å². The zero-order chi connectivity index (χ0) is 17.8. The van der Waals surface area contributed by atoms with Gasteiger partial charge in [-0.3, -0.25) is 5.10 Å². The van der Waals surface area contributed by atoms with E-state index in [1.807, 2.05) is 37.3 Å². The molecule has 3 rings (SSSR count). The highest BCUT2D eigenvalue weighted by Crippen LogP contribution is 2.23. The highest BCUT2D eigenvalue weighted by atomic mass is 16.4. The lowest BCUT2D eigenvalue weighted by Crippen LogP contribution is -2.11. The maximum absolute atomic E-state index is 11.4. The number of nitrogens with two attached hydrogens (primary N) is 1. The van der Waals surface area contributed by atoms with Gasteiger partial charge in [0, 0.05) is 11.8 Å². The van der Waals surface area contributed by atoms with Crippen molar-refractivity contribution in [2.24, 2.45) is 0 Å². The first-order chi connectivity index (χ1) is 12.0. The summed E-state index contributed by atoms with van der Waals surface area (Å²) >= 11 is 0. The first-order valence-corrected chi connectivity index (χ1v) is 7.46. The maximum Gasteiger partial charge on any atom is 0.356 e. The molecule has 8 nitrogen and oxygen atoms in total. The lowest BCUT2D eigenvalue weighted by atomic mass is 10.2. The number of aromatic amines is 1. The number of aromatic nitrogens is 4. The second-order valence-corrected chi connectivity index (χ2v) is 5.30. The number of nitrogens with one attached hydrogen (secondary N) is 2. The monoisotopic (exact) mass is 336 g/mol. The predicted octanol–water partition coefficient (Wildman–Crippen LogP) is 2.70. The normalized spacial score (nSPS) is 10.9. The molecule has 0 spiro atoms. The molecule has 0 aliphatic heterocycles.